The Morgan fingerprint density at radius 1 is 1.27 bits per heavy atom. The number of likely N-dealkylation sites (tertiary alicyclic amines) is 1. The van der Waals surface area contributed by atoms with Gasteiger partial charge >= 0.3 is 0 Å². The van der Waals surface area contributed by atoms with E-state index in [1.165, 1.54) is 0 Å². The van der Waals surface area contributed by atoms with Crippen LogP contribution in [0, 0.1) is 6.92 Å². The second-order valence-corrected chi connectivity index (χ2v) is 6.43. The number of carbonyl (C=O) groups excluding carboxylic acids is 1. The molecule has 0 saturated carbocycles. The van der Waals surface area contributed by atoms with Gasteiger partial charge in [-0.05, 0) is 31.2 Å². The molecule has 7 heteroatoms. The smallest absolute Gasteiger partial charge is 0.270 e. The van der Waals surface area contributed by atoms with Gasteiger partial charge in [-0.2, -0.15) is 4.98 Å². The zero-order chi connectivity index (χ0) is 18.1. The van der Waals surface area contributed by atoms with Crippen LogP contribution in [0.1, 0.15) is 22.7 Å². The maximum atomic E-state index is 12.6. The molecule has 0 spiro atoms. The molecule has 1 amide bonds. The summed E-state index contributed by atoms with van der Waals surface area (Å²) in [5.74, 6) is 1.74. The summed E-state index contributed by atoms with van der Waals surface area (Å²) in [4.78, 5) is 18.7. The third-order valence-electron chi connectivity index (χ3n) is 4.53. The summed E-state index contributed by atoms with van der Waals surface area (Å²) in [6.45, 7) is 3.01. The van der Waals surface area contributed by atoms with E-state index in [0.29, 0.717) is 36.2 Å². The van der Waals surface area contributed by atoms with Gasteiger partial charge in [-0.3, -0.25) is 4.79 Å². The zero-order valence-corrected chi connectivity index (χ0v) is 14.8. The molecule has 1 aromatic carbocycles. The van der Waals surface area contributed by atoms with Crippen LogP contribution < -0.4 is 4.74 Å². The third kappa shape index (κ3) is 3.08. The molecule has 7 nitrogen and oxygen atoms in total. The summed E-state index contributed by atoms with van der Waals surface area (Å²) in [6.07, 6.45) is 2.59. The summed E-state index contributed by atoms with van der Waals surface area (Å²) < 4.78 is 13.3. The van der Waals surface area contributed by atoms with Crippen molar-refractivity contribution in [3.05, 3.63) is 54.1 Å². The molecule has 1 atom stereocenters. The van der Waals surface area contributed by atoms with Gasteiger partial charge in [0.15, 0.2) is 5.82 Å². The number of para-hydroxylation sites is 1. The average Bonchev–Trinajstić information content (AvgIpc) is 3.36. The Balaban J connectivity index is 1.48. The number of hydrogen-bond donors (Lipinski definition) is 0. The number of benzene rings is 1. The predicted molar refractivity (Wildman–Crippen MR) is 94.8 cm³/mol. The van der Waals surface area contributed by atoms with E-state index in [0.717, 1.165) is 12.0 Å². The van der Waals surface area contributed by atoms with Crippen LogP contribution in [0.25, 0.3) is 11.5 Å². The lowest BCUT2D eigenvalue weighted by Gasteiger charge is -2.18. The summed E-state index contributed by atoms with van der Waals surface area (Å²) in [5.41, 5.74) is 1.45. The molecule has 134 valence electrons. The van der Waals surface area contributed by atoms with E-state index in [4.69, 9.17) is 9.26 Å². The minimum absolute atomic E-state index is 0.0319. The lowest BCUT2D eigenvalue weighted by Crippen LogP contribution is -2.32. The van der Waals surface area contributed by atoms with Gasteiger partial charge in [-0.25, -0.2) is 0 Å². The number of aromatic nitrogens is 3. The Kier molecular flexibility index (Phi) is 4.20. The topological polar surface area (TPSA) is 73.4 Å². The van der Waals surface area contributed by atoms with E-state index in [9.17, 15) is 4.79 Å². The number of carbonyl (C=O) groups is 1. The quantitative estimate of drug-likeness (QED) is 0.722. The number of ether oxygens (including phenoxy) is 1. The van der Waals surface area contributed by atoms with Crippen LogP contribution in [0.4, 0.5) is 0 Å². The van der Waals surface area contributed by atoms with Gasteiger partial charge < -0.3 is 18.7 Å². The molecule has 0 N–H and O–H groups in total. The van der Waals surface area contributed by atoms with Crippen molar-refractivity contribution in [2.75, 3.05) is 13.1 Å². The van der Waals surface area contributed by atoms with Crippen LogP contribution in [-0.4, -0.2) is 44.7 Å². The first-order valence-electron chi connectivity index (χ1n) is 8.59. The largest absolute Gasteiger partial charge is 0.488 e. The first kappa shape index (κ1) is 16.4. The molecule has 1 unspecified atom stereocenters. The highest BCUT2D eigenvalue weighted by molar-refractivity contribution is 5.93. The van der Waals surface area contributed by atoms with Gasteiger partial charge in [-0.1, -0.05) is 17.3 Å². The number of rotatable bonds is 4. The van der Waals surface area contributed by atoms with Gasteiger partial charge in [0.05, 0.1) is 12.1 Å². The first-order valence-corrected chi connectivity index (χ1v) is 8.59. The van der Waals surface area contributed by atoms with Crippen molar-refractivity contribution in [3.8, 4) is 17.2 Å². The number of nitrogens with zero attached hydrogens (tertiary/aromatic N) is 4. The molecule has 1 aliphatic heterocycles. The fourth-order valence-corrected chi connectivity index (χ4v) is 3.19. The molecule has 26 heavy (non-hydrogen) atoms. The van der Waals surface area contributed by atoms with E-state index in [1.807, 2.05) is 59.1 Å². The van der Waals surface area contributed by atoms with Crippen molar-refractivity contribution in [3.63, 3.8) is 0 Å². The lowest BCUT2D eigenvalue weighted by molar-refractivity contribution is 0.0763. The Bertz CT molecular complexity index is 930. The Labute approximate surface area is 151 Å². The van der Waals surface area contributed by atoms with Crippen molar-refractivity contribution in [1.29, 1.82) is 0 Å². The summed E-state index contributed by atoms with van der Waals surface area (Å²) in [7, 11) is 1.87. The molecule has 3 heterocycles. The summed E-state index contributed by atoms with van der Waals surface area (Å²) >= 11 is 0. The molecule has 1 saturated heterocycles. The zero-order valence-electron chi connectivity index (χ0n) is 14.8. The minimum atomic E-state index is -0.0654. The first-order chi connectivity index (χ1) is 12.6. The van der Waals surface area contributed by atoms with Gasteiger partial charge in [0.1, 0.15) is 17.5 Å². The SMILES string of the molecule is Cc1noc(-c2ccccc2OC2CCN(C(=O)c3cccn3C)C2)n1. The third-order valence-corrected chi connectivity index (χ3v) is 4.53. The van der Waals surface area contributed by atoms with Crippen molar-refractivity contribution < 1.29 is 14.1 Å². The van der Waals surface area contributed by atoms with Gasteiger partial charge in [-0.15, -0.1) is 0 Å². The van der Waals surface area contributed by atoms with E-state index >= 15 is 0 Å². The molecule has 0 radical (unpaired) electrons. The van der Waals surface area contributed by atoms with Crippen molar-refractivity contribution in [2.24, 2.45) is 7.05 Å². The van der Waals surface area contributed by atoms with Gasteiger partial charge in [0.25, 0.3) is 11.8 Å². The van der Waals surface area contributed by atoms with Crippen molar-refractivity contribution in [1.82, 2.24) is 19.6 Å². The lowest BCUT2D eigenvalue weighted by atomic mass is 10.2. The molecular weight excluding hydrogens is 332 g/mol. The monoisotopic (exact) mass is 352 g/mol. The standard InChI is InChI=1S/C19H20N4O3/c1-13-20-18(26-21-13)15-6-3-4-8-17(15)25-14-9-11-23(12-14)19(24)16-7-5-10-22(16)2/h3-8,10,14H,9,11-12H2,1-2H3. The Hall–Kier alpha value is -3.09. The highest BCUT2D eigenvalue weighted by atomic mass is 16.5. The predicted octanol–water partition coefficient (Wildman–Crippen LogP) is 2.68. The molecule has 1 aliphatic rings. The van der Waals surface area contributed by atoms with Crippen LogP contribution in [0.5, 0.6) is 5.75 Å². The number of aryl methyl sites for hydroxylation is 2. The van der Waals surface area contributed by atoms with Gasteiger partial charge in [0, 0.05) is 26.2 Å². The molecule has 1 fully saturated rings. The van der Waals surface area contributed by atoms with E-state index in [-0.39, 0.29) is 12.0 Å². The molecule has 0 bridgehead atoms. The second-order valence-electron chi connectivity index (χ2n) is 6.43. The number of amides is 1. The second kappa shape index (κ2) is 6.67. The van der Waals surface area contributed by atoms with Crippen LogP contribution >= 0.6 is 0 Å². The molecular formula is C19H20N4O3. The maximum absolute atomic E-state index is 12.6. The summed E-state index contributed by atoms with van der Waals surface area (Å²) in [6, 6.07) is 11.3. The number of hydrogen-bond acceptors (Lipinski definition) is 5. The van der Waals surface area contributed by atoms with Crippen LogP contribution in [0.2, 0.25) is 0 Å². The van der Waals surface area contributed by atoms with E-state index in [2.05, 4.69) is 10.1 Å². The molecule has 4 rings (SSSR count). The highest BCUT2D eigenvalue weighted by Gasteiger charge is 2.30. The van der Waals surface area contributed by atoms with Crippen molar-refractivity contribution >= 4 is 5.91 Å². The fraction of sp³-hybridized carbons (Fsp3) is 0.316. The van der Waals surface area contributed by atoms with E-state index < -0.39 is 0 Å². The van der Waals surface area contributed by atoms with Crippen molar-refractivity contribution in [2.45, 2.75) is 19.4 Å². The minimum Gasteiger partial charge on any atom is -0.488 e. The molecule has 0 aliphatic carbocycles. The average molecular weight is 352 g/mol. The normalized spacial score (nSPS) is 16.8. The Morgan fingerprint density at radius 3 is 2.85 bits per heavy atom. The van der Waals surface area contributed by atoms with E-state index in [1.54, 1.807) is 6.92 Å². The maximum Gasteiger partial charge on any atom is 0.270 e. The molecule has 3 aromatic rings. The van der Waals surface area contributed by atoms with Gasteiger partial charge in [0.2, 0.25) is 0 Å². The molecule has 2 aromatic heterocycles. The van der Waals surface area contributed by atoms with Crippen LogP contribution in [0.3, 0.4) is 0 Å². The highest BCUT2D eigenvalue weighted by Crippen LogP contribution is 2.30. The van der Waals surface area contributed by atoms with Crippen LogP contribution in [-0.2, 0) is 7.05 Å². The summed E-state index contributed by atoms with van der Waals surface area (Å²) in [5, 5.41) is 3.84. The Morgan fingerprint density at radius 2 is 2.12 bits per heavy atom. The van der Waals surface area contributed by atoms with Crippen LogP contribution in [0.15, 0.2) is 47.1 Å². The fourth-order valence-electron chi connectivity index (χ4n) is 3.19.